The Kier molecular flexibility index (Phi) is 6.33. The largest absolute Gasteiger partial charge is 0.362 e. The molecule has 1 amide bonds. The Labute approximate surface area is 225 Å². The minimum atomic E-state index is -0.635. The summed E-state index contributed by atoms with van der Waals surface area (Å²) in [5, 5.41) is 7.52. The summed E-state index contributed by atoms with van der Waals surface area (Å²) in [7, 11) is 0. The maximum Gasteiger partial charge on any atom is 0.256 e. The Morgan fingerprint density at radius 3 is 2.77 bits per heavy atom. The molecular formula is C26H22BrCl2N3O2S. The maximum atomic E-state index is 13.7. The van der Waals surface area contributed by atoms with E-state index in [0.717, 1.165) is 20.4 Å². The molecule has 9 heteroatoms. The van der Waals surface area contributed by atoms with Gasteiger partial charge in [-0.05, 0) is 48.6 Å². The van der Waals surface area contributed by atoms with Gasteiger partial charge in [-0.25, -0.2) is 4.98 Å². The van der Waals surface area contributed by atoms with Crippen LogP contribution in [-0.4, -0.2) is 16.7 Å². The summed E-state index contributed by atoms with van der Waals surface area (Å²) in [5.74, 6) is -0.963. The van der Waals surface area contributed by atoms with Crippen molar-refractivity contribution >= 4 is 77.5 Å². The number of halogens is 3. The van der Waals surface area contributed by atoms with Crippen LogP contribution in [0, 0.1) is 5.41 Å². The van der Waals surface area contributed by atoms with Crippen molar-refractivity contribution in [2.75, 3.05) is 5.32 Å². The van der Waals surface area contributed by atoms with Gasteiger partial charge in [0.15, 0.2) is 10.9 Å². The predicted molar refractivity (Wildman–Crippen MR) is 146 cm³/mol. The quantitative estimate of drug-likeness (QED) is 0.329. The minimum Gasteiger partial charge on any atom is -0.362 e. The van der Waals surface area contributed by atoms with E-state index in [9.17, 15) is 9.59 Å². The molecule has 2 heterocycles. The van der Waals surface area contributed by atoms with E-state index in [1.807, 2.05) is 31.2 Å². The maximum absolute atomic E-state index is 13.7. The summed E-state index contributed by atoms with van der Waals surface area (Å²) in [6.45, 7) is 6.00. The molecule has 2 N–H and O–H groups in total. The number of hydrogen-bond donors (Lipinski definition) is 2. The number of carbonyl (C=O) groups excluding carboxylic acids is 2. The molecule has 0 spiro atoms. The fraction of sp³-hybridized carbons (Fsp3) is 0.269. The van der Waals surface area contributed by atoms with Crippen molar-refractivity contribution in [3.8, 4) is 0 Å². The van der Waals surface area contributed by atoms with Crippen LogP contribution in [0.5, 0.6) is 0 Å². The number of rotatable bonds is 3. The third-order valence-electron chi connectivity index (χ3n) is 6.35. The first kappa shape index (κ1) is 24.5. The van der Waals surface area contributed by atoms with E-state index in [-0.39, 0.29) is 17.1 Å². The van der Waals surface area contributed by atoms with Crippen molar-refractivity contribution < 1.29 is 9.59 Å². The highest BCUT2D eigenvalue weighted by Crippen LogP contribution is 2.49. The van der Waals surface area contributed by atoms with Crippen molar-refractivity contribution in [2.24, 2.45) is 5.41 Å². The molecule has 5 nitrogen and oxygen atoms in total. The summed E-state index contributed by atoms with van der Waals surface area (Å²) < 4.78 is 1.87. The van der Waals surface area contributed by atoms with Crippen molar-refractivity contribution in [2.45, 2.75) is 39.5 Å². The molecule has 5 rings (SSSR count). The Hall–Kier alpha value is -2.19. The van der Waals surface area contributed by atoms with Crippen LogP contribution in [0.25, 0.3) is 10.2 Å². The van der Waals surface area contributed by atoms with Crippen LogP contribution < -0.4 is 10.6 Å². The minimum absolute atomic E-state index is 0.00688. The van der Waals surface area contributed by atoms with E-state index in [0.29, 0.717) is 50.4 Å². The number of allylic oxidation sites excluding steroid dienone is 3. The number of Topliss-reactive ketones (excluding diaryl/α,β-unsaturated/α-hetero) is 1. The molecule has 0 fully saturated rings. The third kappa shape index (κ3) is 4.55. The van der Waals surface area contributed by atoms with Crippen LogP contribution in [0.3, 0.4) is 0 Å². The van der Waals surface area contributed by atoms with Crippen LogP contribution in [0.15, 0.2) is 63.4 Å². The Balaban J connectivity index is 1.60. The van der Waals surface area contributed by atoms with Crippen molar-refractivity contribution in [1.82, 2.24) is 10.3 Å². The molecule has 0 bridgehead atoms. The number of ketones is 1. The van der Waals surface area contributed by atoms with E-state index < -0.39 is 5.92 Å². The second kappa shape index (κ2) is 9.04. The lowest BCUT2D eigenvalue weighted by molar-refractivity contribution is -0.118. The molecule has 180 valence electrons. The van der Waals surface area contributed by atoms with Gasteiger partial charge in [-0.2, -0.15) is 0 Å². The van der Waals surface area contributed by atoms with E-state index in [4.69, 9.17) is 23.2 Å². The Morgan fingerprint density at radius 2 is 2.00 bits per heavy atom. The average molecular weight is 591 g/mol. The molecule has 3 aromatic rings. The van der Waals surface area contributed by atoms with Gasteiger partial charge in [0.25, 0.3) is 5.91 Å². The van der Waals surface area contributed by atoms with Crippen LogP contribution in [0.2, 0.25) is 10.0 Å². The molecule has 0 saturated carbocycles. The van der Waals surface area contributed by atoms with Gasteiger partial charge in [0.1, 0.15) is 0 Å². The summed E-state index contributed by atoms with van der Waals surface area (Å²) >= 11 is 17.9. The SMILES string of the molecule is CC1=C(C(=O)Nc2nc3cc(Br)ccc3s2)C(c2cccc(Cl)c2Cl)C2=C(CC(C)(C)CC2=O)N1. The molecule has 1 atom stereocenters. The molecule has 1 aromatic heterocycles. The number of anilines is 1. The monoisotopic (exact) mass is 589 g/mol. The fourth-order valence-electron chi connectivity index (χ4n) is 4.91. The van der Waals surface area contributed by atoms with E-state index in [2.05, 4.69) is 45.4 Å². The van der Waals surface area contributed by atoms with Gasteiger partial charge in [-0.1, -0.05) is 76.4 Å². The lowest BCUT2D eigenvalue weighted by Gasteiger charge is -2.39. The average Bonchev–Trinajstić information content (AvgIpc) is 3.14. The number of thiazole rings is 1. The first-order valence-corrected chi connectivity index (χ1v) is 13.5. The lowest BCUT2D eigenvalue weighted by atomic mass is 9.68. The van der Waals surface area contributed by atoms with Crippen LogP contribution in [0.4, 0.5) is 5.13 Å². The van der Waals surface area contributed by atoms with Gasteiger partial charge in [-0.3, -0.25) is 14.9 Å². The number of dihydropyridines is 1. The molecule has 35 heavy (non-hydrogen) atoms. The number of nitrogens with one attached hydrogen (secondary N) is 2. The molecule has 2 aliphatic rings. The highest BCUT2D eigenvalue weighted by Gasteiger charge is 2.43. The summed E-state index contributed by atoms with van der Waals surface area (Å²) in [6.07, 6.45) is 1.09. The van der Waals surface area contributed by atoms with Crippen LogP contribution in [-0.2, 0) is 9.59 Å². The van der Waals surface area contributed by atoms with Crippen molar-refractivity contribution in [3.05, 3.63) is 79.0 Å². The lowest BCUT2D eigenvalue weighted by Crippen LogP contribution is -2.39. The second-order valence-electron chi connectivity index (χ2n) is 9.66. The number of nitrogens with zero attached hydrogens (tertiary/aromatic N) is 1. The highest BCUT2D eigenvalue weighted by molar-refractivity contribution is 9.10. The predicted octanol–water partition coefficient (Wildman–Crippen LogP) is 7.61. The van der Waals surface area contributed by atoms with Gasteiger partial charge in [0.2, 0.25) is 0 Å². The first-order chi connectivity index (χ1) is 16.5. The zero-order valence-corrected chi connectivity index (χ0v) is 23.2. The highest BCUT2D eigenvalue weighted by atomic mass is 79.9. The molecular weight excluding hydrogens is 569 g/mol. The van der Waals surface area contributed by atoms with Gasteiger partial charge in [-0.15, -0.1) is 0 Å². The van der Waals surface area contributed by atoms with Crippen molar-refractivity contribution in [3.63, 3.8) is 0 Å². The summed E-state index contributed by atoms with van der Waals surface area (Å²) in [5.41, 5.74) is 3.78. The topological polar surface area (TPSA) is 71.1 Å². The van der Waals surface area contributed by atoms with Crippen LogP contribution >= 0.6 is 50.5 Å². The number of aromatic nitrogens is 1. The summed E-state index contributed by atoms with van der Waals surface area (Å²) in [4.78, 5) is 31.8. The Morgan fingerprint density at radius 1 is 1.23 bits per heavy atom. The number of benzene rings is 2. The molecule has 1 unspecified atom stereocenters. The molecule has 2 aromatic carbocycles. The van der Waals surface area contributed by atoms with E-state index in [1.165, 1.54) is 11.3 Å². The van der Waals surface area contributed by atoms with E-state index >= 15 is 0 Å². The first-order valence-electron chi connectivity index (χ1n) is 11.1. The number of amides is 1. The van der Waals surface area contributed by atoms with Gasteiger partial charge in [0, 0.05) is 39.4 Å². The zero-order chi connectivity index (χ0) is 25.1. The van der Waals surface area contributed by atoms with Gasteiger partial charge >= 0.3 is 0 Å². The number of hydrogen-bond acceptors (Lipinski definition) is 5. The molecule has 0 saturated heterocycles. The standard InChI is InChI=1S/C26H22BrCl2N3O2S/c1-12-20(24(34)32-25-31-16-9-13(27)7-8-19(16)35-25)21(14-5-4-6-15(28)23(14)29)22-17(30-12)10-26(2,3)11-18(22)33/h4-9,21,30H,10-11H2,1-3H3,(H,31,32,34). The molecule has 1 aliphatic heterocycles. The smallest absolute Gasteiger partial charge is 0.256 e. The zero-order valence-electron chi connectivity index (χ0n) is 19.3. The van der Waals surface area contributed by atoms with Gasteiger partial charge < -0.3 is 5.32 Å². The fourth-order valence-corrected chi connectivity index (χ4v) is 6.52. The molecule has 0 radical (unpaired) electrons. The summed E-state index contributed by atoms with van der Waals surface area (Å²) in [6, 6.07) is 11.1. The number of carbonyl (C=O) groups is 2. The van der Waals surface area contributed by atoms with Gasteiger partial charge in [0.05, 0.1) is 20.3 Å². The molecule has 1 aliphatic carbocycles. The van der Waals surface area contributed by atoms with E-state index in [1.54, 1.807) is 12.1 Å². The van der Waals surface area contributed by atoms with Crippen molar-refractivity contribution in [1.29, 1.82) is 0 Å². The number of fused-ring (bicyclic) bond motifs is 1. The third-order valence-corrected chi connectivity index (χ3v) is 8.63. The normalized spacial score (nSPS) is 19.6. The van der Waals surface area contributed by atoms with Crippen LogP contribution in [0.1, 0.15) is 45.1 Å². The second-order valence-corrected chi connectivity index (χ2v) is 12.4. The Bertz CT molecular complexity index is 1470.